The SMILES string of the molecule is CCCC1CCC(CN)C(n2ccnc2C(C)C)C1. The summed E-state index contributed by atoms with van der Waals surface area (Å²) in [5, 5.41) is 0. The zero-order valence-corrected chi connectivity index (χ0v) is 12.7. The Balaban J connectivity index is 2.19. The molecule has 0 spiro atoms. The van der Waals surface area contributed by atoms with Crippen LogP contribution in [0.4, 0.5) is 0 Å². The average molecular weight is 263 g/mol. The molecule has 1 aliphatic rings. The average Bonchev–Trinajstić information content (AvgIpc) is 2.88. The van der Waals surface area contributed by atoms with Gasteiger partial charge in [0.15, 0.2) is 0 Å². The largest absolute Gasteiger partial charge is 0.331 e. The number of rotatable bonds is 5. The van der Waals surface area contributed by atoms with Gasteiger partial charge in [0, 0.05) is 24.4 Å². The minimum Gasteiger partial charge on any atom is -0.331 e. The van der Waals surface area contributed by atoms with Crippen LogP contribution in [0, 0.1) is 11.8 Å². The van der Waals surface area contributed by atoms with Gasteiger partial charge in [-0.3, -0.25) is 0 Å². The molecular weight excluding hydrogens is 234 g/mol. The Morgan fingerprint density at radius 2 is 2.21 bits per heavy atom. The van der Waals surface area contributed by atoms with Crippen LogP contribution in [-0.2, 0) is 0 Å². The highest BCUT2D eigenvalue weighted by molar-refractivity contribution is 5.02. The van der Waals surface area contributed by atoms with Gasteiger partial charge in [-0.2, -0.15) is 0 Å². The maximum atomic E-state index is 6.01. The van der Waals surface area contributed by atoms with Gasteiger partial charge in [0.1, 0.15) is 5.82 Å². The Kier molecular flexibility index (Phi) is 5.03. The van der Waals surface area contributed by atoms with Crippen LogP contribution < -0.4 is 5.73 Å². The lowest BCUT2D eigenvalue weighted by Crippen LogP contribution is -2.33. The molecule has 1 fully saturated rings. The summed E-state index contributed by atoms with van der Waals surface area (Å²) in [6.45, 7) is 7.55. The van der Waals surface area contributed by atoms with E-state index in [1.54, 1.807) is 0 Å². The molecule has 1 aromatic heterocycles. The Hall–Kier alpha value is -0.830. The van der Waals surface area contributed by atoms with E-state index in [2.05, 4.69) is 36.5 Å². The second-order valence-corrected chi connectivity index (χ2v) is 6.38. The molecule has 0 bridgehead atoms. The zero-order valence-electron chi connectivity index (χ0n) is 12.7. The minimum absolute atomic E-state index is 0.486. The summed E-state index contributed by atoms with van der Waals surface area (Å²) in [5.74, 6) is 3.21. The number of hydrogen-bond acceptors (Lipinski definition) is 2. The predicted molar refractivity (Wildman–Crippen MR) is 80.1 cm³/mol. The van der Waals surface area contributed by atoms with Crippen LogP contribution in [0.25, 0.3) is 0 Å². The van der Waals surface area contributed by atoms with Gasteiger partial charge in [-0.05, 0) is 37.6 Å². The van der Waals surface area contributed by atoms with Gasteiger partial charge in [-0.15, -0.1) is 0 Å². The van der Waals surface area contributed by atoms with Crippen LogP contribution in [0.3, 0.4) is 0 Å². The highest BCUT2D eigenvalue weighted by atomic mass is 15.1. The highest BCUT2D eigenvalue weighted by Crippen LogP contribution is 2.39. The Bertz CT molecular complexity index is 383. The summed E-state index contributed by atoms with van der Waals surface area (Å²) in [6.07, 6.45) is 10.7. The van der Waals surface area contributed by atoms with E-state index in [0.29, 0.717) is 17.9 Å². The van der Waals surface area contributed by atoms with E-state index in [1.165, 1.54) is 37.9 Å². The molecule has 1 aromatic rings. The summed E-state index contributed by atoms with van der Waals surface area (Å²) >= 11 is 0. The van der Waals surface area contributed by atoms with Crippen LogP contribution in [-0.4, -0.2) is 16.1 Å². The van der Waals surface area contributed by atoms with Gasteiger partial charge in [0.05, 0.1) is 0 Å². The number of nitrogens with zero attached hydrogens (tertiary/aromatic N) is 2. The first kappa shape index (κ1) is 14.6. The molecular formula is C16H29N3. The fraction of sp³-hybridized carbons (Fsp3) is 0.812. The molecule has 2 N–H and O–H groups in total. The molecule has 1 heterocycles. The van der Waals surface area contributed by atoms with E-state index in [4.69, 9.17) is 5.73 Å². The van der Waals surface area contributed by atoms with Crippen LogP contribution >= 0.6 is 0 Å². The van der Waals surface area contributed by atoms with Gasteiger partial charge in [0.25, 0.3) is 0 Å². The standard InChI is InChI=1S/C16H29N3/c1-4-5-13-6-7-14(11-17)15(10-13)19-9-8-18-16(19)12(2)3/h8-9,12-15H,4-7,10-11,17H2,1-3H3. The molecule has 1 saturated carbocycles. The van der Waals surface area contributed by atoms with Gasteiger partial charge in [0.2, 0.25) is 0 Å². The van der Waals surface area contributed by atoms with E-state index >= 15 is 0 Å². The second-order valence-electron chi connectivity index (χ2n) is 6.38. The van der Waals surface area contributed by atoms with Crippen molar-refractivity contribution in [3.8, 4) is 0 Å². The van der Waals surface area contributed by atoms with E-state index in [9.17, 15) is 0 Å². The normalized spacial score (nSPS) is 27.9. The molecule has 3 unspecified atom stereocenters. The maximum Gasteiger partial charge on any atom is 0.111 e. The quantitative estimate of drug-likeness (QED) is 0.880. The summed E-state index contributed by atoms with van der Waals surface area (Å²) in [4.78, 5) is 4.55. The molecule has 19 heavy (non-hydrogen) atoms. The molecule has 3 nitrogen and oxygen atoms in total. The Morgan fingerprint density at radius 3 is 2.84 bits per heavy atom. The first-order valence-corrected chi connectivity index (χ1v) is 7.90. The van der Waals surface area contributed by atoms with Crippen molar-refractivity contribution in [3.05, 3.63) is 18.2 Å². The van der Waals surface area contributed by atoms with Crippen molar-refractivity contribution in [3.63, 3.8) is 0 Å². The van der Waals surface area contributed by atoms with Gasteiger partial charge in [-0.25, -0.2) is 4.98 Å². The van der Waals surface area contributed by atoms with E-state index in [0.717, 1.165) is 12.5 Å². The first-order valence-electron chi connectivity index (χ1n) is 7.90. The summed E-state index contributed by atoms with van der Waals surface area (Å²) in [6, 6.07) is 0.565. The van der Waals surface area contributed by atoms with Crippen molar-refractivity contribution in [1.29, 1.82) is 0 Å². The number of nitrogens with two attached hydrogens (primary N) is 1. The number of aromatic nitrogens is 2. The third-order valence-corrected chi connectivity index (χ3v) is 4.64. The molecule has 1 aliphatic carbocycles. The highest BCUT2D eigenvalue weighted by Gasteiger charge is 2.31. The Morgan fingerprint density at radius 1 is 1.42 bits per heavy atom. The van der Waals surface area contributed by atoms with E-state index in [1.807, 2.05) is 6.20 Å². The molecule has 0 saturated heterocycles. The second kappa shape index (κ2) is 6.56. The van der Waals surface area contributed by atoms with Crippen molar-refractivity contribution in [1.82, 2.24) is 9.55 Å². The van der Waals surface area contributed by atoms with Crippen LogP contribution in [0.5, 0.6) is 0 Å². The van der Waals surface area contributed by atoms with Crippen molar-refractivity contribution < 1.29 is 0 Å². The minimum atomic E-state index is 0.486. The van der Waals surface area contributed by atoms with Crippen LogP contribution in [0.15, 0.2) is 12.4 Å². The third kappa shape index (κ3) is 3.19. The lowest BCUT2D eigenvalue weighted by molar-refractivity contribution is 0.176. The van der Waals surface area contributed by atoms with E-state index in [-0.39, 0.29) is 0 Å². The monoisotopic (exact) mass is 263 g/mol. The molecule has 108 valence electrons. The predicted octanol–water partition coefficient (Wildman–Crippen LogP) is 3.72. The van der Waals surface area contributed by atoms with Crippen molar-refractivity contribution >= 4 is 0 Å². The Labute approximate surface area is 117 Å². The lowest BCUT2D eigenvalue weighted by atomic mass is 9.76. The fourth-order valence-corrected chi connectivity index (χ4v) is 3.63. The smallest absolute Gasteiger partial charge is 0.111 e. The number of imidazole rings is 1. The molecule has 0 amide bonds. The third-order valence-electron chi connectivity index (χ3n) is 4.64. The molecule has 2 rings (SSSR count). The maximum absolute atomic E-state index is 6.01. The fourth-order valence-electron chi connectivity index (χ4n) is 3.63. The molecule has 3 heteroatoms. The van der Waals surface area contributed by atoms with Crippen molar-refractivity contribution in [2.45, 2.75) is 64.8 Å². The summed E-state index contributed by atoms with van der Waals surface area (Å²) < 4.78 is 2.42. The summed E-state index contributed by atoms with van der Waals surface area (Å²) in [7, 11) is 0. The topological polar surface area (TPSA) is 43.8 Å². The molecule has 0 aliphatic heterocycles. The van der Waals surface area contributed by atoms with E-state index < -0.39 is 0 Å². The molecule has 0 radical (unpaired) electrons. The van der Waals surface area contributed by atoms with Gasteiger partial charge >= 0.3 is 0 Å². The lowest BCUT2D eigenvalue weighted by Gasteiger charge is -2.37. The molecule has 3 atom stereocenters. The number of hydrogen-bond donors (Lipinski definition) is 1. The van der Waals surface area contributed by atoms with Crippen LogP contribution in [0.2, 0.25) is 0 Å². The van der Waals surface area contributed by atoms with Crippen LogP contribution in [0.1, 0.15) is 70.7 Å². The van der Waals surface area contributed by atoms with Crippen molar-refractivity contribution in [2.75, 3.05) is 6.54 Å². The van der Waals surface area contributed by atoms with Gasteiger partial charge in [-0.1, -0.05) is 33.6 Å². The van der Waals surface area contributed by atoms with Gasteiger partial charge < -0.3 is 10.3 Å². The summed E-state index contributed by atoms with van der Waals surface area (Å²) in [5.41, 5.74) is 6.01. The first-order chi connectivity index (χ1) is 9.17. The van der Waals surface area contributed by atoms with Crippen molar-refractivity contribution in [2.24, 2.45) is 17.6 Å². The molecule has 0 aromatic carbocycles. The zero-order chi connectivity index (χ0) is 13.8.